The van der Waals surface area contributed by atoms with Gasteiger partial charge in [0.1, 0.15) is 0 Å². The molecule has 5 nitrogen and oxygen atoms in total. The summed E-state index contributed by atoms with van der Waals surface area (Å²) in [4.78, 5) is 16.6. The highest BCUT2D eigenvalue weighted by Gasteiger charge is 2.25. The molecule has 0 spiro atoms. The van der Waals surface area contributed by atoms with Crippen LogP contribution in [0.25, 0.3) is 131 Å². The first-order valence-corrected chi connectivity index (χ1v) is 22.8. The van der Waals surface area contributed by atoms with Crippen LogP contribution in [0.2, 0.25) is 0 Å². The molecule has 10 aromatic carbocycles. The van der Waals surface area contributed by atoms with Crippen molar-refractivity contribution >= 4 is 96.7 Å². The molecule has 4 aromatic heterocycles. The van der Waals surface area contributed by atoms with Crippen LogP contribution in [0.4, 0.5) is 0 Å². The van der Waals surface area contributed by atoms with Crippen molar-refractivity contribution in [3.63, 3.8) is 0 Å². The minimum absolute atomic E-state index is 0.610. The Hall–Kier alpha value is -8.45. The van der Waals surface area contributed by atoms with Gasteiger partial charge < -0.3 is 9.13 Å². The zero-order valence-electron chi connectivity index (χ0n) is 34.9. The number of para-hydroxylation sites is 4. The molecule has 302 valence electrons. The van der Waals surface area contributed by atoms with Crippen LogP contribution in [-0.2, 0) is 0 Å². The Morgan fingerprint density at radius 2 is 0.938 bits per heavy atom. The van der Waals surface area contributed by atoms with Crippen molar-refractivity contribution in [3.8, 4) is 45.5 Å². The topological polar surface area (TPSA) is 48.5 Å². The van der Waals surface area contributed by atoms with Crippen molar-refractivity contribution < 1.29 is 0 Å². The van der Waals surface area contributed by atoms with Gasteiger partial charge in [-0.2, -0.15) is 0 Å². The first kappa shape index (κ1) is 36.1. The summed E-state index contributed by atoms with van der Waals surface area (Å²) in [5, 5.41) is 11.9. The van der Waals surface area contributed by atoms with E-state index in [0.717, 1.165) is 60.9 Å². The molecule has 0 bridgehead atoms. The molecule has 0 fully saturated rings. The van der Waals surface area contributed by atoms with E-state index in [1.165, 1.54) is 52.5 Å². The average Bonchev–Trinajstić information content (AvgIpc) is 4.03. The third-order valence-electron chi connectivity index (χ3n) is 13.1. The van der Waals surface area contributed by atoms with Crippen LogP contribution in [-0.4, -0.2) is 24.1 Å². The minimum Gasteiger partial charge on any atom is -0.309 e. The Balaban J connectivity index is 1.13. The Morgan fingerprint density at radius 1 is 0.338 bits per heavy atom. The molecule has 0 unspecified atom stereocenters. The number of thiophene rings is 1. The van der Waals surface area contributed by atoms with Gasteiger partial charge in [0.25, 0.3) is 0 Å². The highest BCUT2D eigenvalue weighted by Crippen LogP contribution is 2.46. The van der Waals surface area contributed by atoms with Crippen molar-refractivity contribution in [2.45, 2.75) is 0 Å². The molecule has 6 heteroatoms. The van der Waals surface area contributed by atoms with Crippen LogP contribution in [0.5, 0.6) is 0 Å². The molecule has 0 aliphatic rings. The van der Waals surface area contributed by atoms with E-state index in [2.05, 4.69) is 221 Å². The SMILES string of the molecule is c1ccc(-n2c3ccccc3c3cccc(-c4nc(-c5ccc6ccccc6c5)nc(-c5ccc6c(sc7ccccc76)c5-n5c6ccccc6c6cc7ccccc7cc65)n4)c32)cc1. The monoisotopic (exact) mass is 845 g/mol. The van der Waals surface area contributed by atoms with Gasteiger partial charge in [-0.1, -0.05) is 152 Å². The first-order chi connectivity index (χ1) is 32.2. The van der Waals surface area contributed by atoms with E-state index in [1.807, 2.05) is 11.3 Å². The highest BCUT2D eigenvalue weighted by molar-refractivity contribution is 7.26. The molecular weight excluding hydrogens is 811 g/mol. The van der Waals surface area contributed by atoms with Crippen LogP contribution >= 0.6 is 11.3 Å². The van der Waals surface area contributed by atoms with Crippen molar-refractivity contribution in [1.82, 2.24) is 24.1 Å². The lowest BCUT2D eigenvalue weighted by Gasteiger charge is -2.17. The molecule has 65 heavy (non-hydrogen) atoms. The van der Waals surface area contributed by atoms with Crippen LogP contribution in [0.1, 0.15) is 0 Å². The Labute approximate surface area is 376 Å². The quantitative estimate of drug-likeness (QED) is 0.173. The molecule has 0 saturated carbocycles. The number of fused-ring (bicyclic) bond motifs is 11. The molecule has 0 aliphatic heterocycles. The van der Waals surface area contributed by atoms with Crippen LogP contribution in [0.15, 0.2) is 212 Å². The van der Waals surface area contributed by atoms with Gasteiger partial charge in [-0.3, -0.25) is 0 Å². The maximum atomic E-state index is 5.61. The van der Waals surface area contributed by atoms with E-state index in [9.17, 15) is 0 Å². The Morgan fingerprint density at radius 3 is 1.74 bits per heavy atom. The zero-order valence-corrected chi connectivity index (χ0v) is 35.7. The fraction of sp³-hybridized carbons (Fsp3) is 0. The second-order valence-corrected chi connectivity index (χ2v) is 17.8. The Bertz CT molecular complexity index is 4250. The maximum Gasteiger partial charge on any atom is 0.166 e. The highest BCUT2D eigenvalue weighted by atomic mass is 32.1. The first-order valence-electron chi connectivity index (χ1n) is 21.9. The van der Waals surface area contributed by atoms with Gasteiger partial charge >= 0.3 is 0 Å². The molecule has 0 saturated heterocycles. The van der Waals surface area contributed by atoms with E-state index in [0.29, 0.717) is 17.5 Å². The third kappa shape index (κ3) is 5.48. The third-order valence-corrected chi connectivity index (χ3v) is 14.3. The summed E-state index contributed by atoms with van der Waals surface area (Å²) < 4.78 is 7.24. The summed E-state index contributed by atoms with van der Waals surface area (Å²) in [6.07, 6.45) is 0. The normalized spacial score (nSPS) is 12.0. The smallest absolute Gasteiger partial charge is 0.166 e. The van der Waals surface area contributed by atoms with Gasteiger partial charge in [-0.05, 0) is 82.2 Å². The number of nitrogens with zero attached hydrogens (tertiary/aromatic N) is 5. The lowest BCUT2D eigenvalue weighted by molar-refractivity contribution is 1.07. The summed E-state index contributed by atoms with van der Waals surface area (Å²) in [6.45, 7) is 0. The van der Waals surface area contributed by atoms with Crippen LogP contribution < -0.4 is 0 Å². The lowest BCUT2D eigenvalue weighted by Crippen LogP contribution is -2.05. The minimum atomic E-state index is 0.610. The Kier molecular flexibility index (Phi) is 7.79. The number of hydrogen-bond donors (Lipinski definition) is 0. The summed E-state index contributed by atoms with van der Waals surface area (Å²) in [5.74, 6) is 1.84. The number of aromatic nitrogens is 5. The van der Waals surface area contributed by atoms with Gasteiger partial charge in [0, 0.05) is 59.4 Å². The number of benzene rings is 10. The molecule has 0 amide bonds. The number of rotatable bonds is 5. The van der Waals surface area contributed by atoms with E-state index in [1.54, 1.807) is 0 Å². The molecule has 4 heterocycles. The zero-order chi connectivity index (χ0) is 42.6. The standard InChI is InChI=1S/C59H35N5S/c1-2-19-41(20-3-1)63-50-26-11-8-21-42(50)45-24-14-25-47(54(45)63)58-60-57(40-30-29-36-15-4-5-16-37(36)33-40)61-59(62-58)48-32-31-46-44-23-10-13-28-53(44)65-56(46)55(48)64-51-27-12-9-22-43(51)49-34-38-17-6-7-18-39(38)35-52(49)64/h1-35H. The van der Waals surface area contributed by atoms with E-state index in [4.69, 9.17) is 15.0 Å². The van der Waals surface area contributed by atoms with Crippen molar-refractivity contribution in [2.75, 3.05) is 0 Å². The van der Waals surface area contributed by atoms with Crippen molar-refractivity contribution in [1.29, 1.82) is 0 Å². The fourth-order valence-electron chi connectivity index (χ4n) is 10.2. The molecule has 14 rings (SSSR count). The molecule has 0 aliphatic carbocycles. The molecular formula is C59H35N5S. The van der Waals surface area contributed by atoms with E-state index < -0.39 is 0 Å². The van der Waals surface area contributed by atoms with E-state index in [-0.39, 0.29) is 0 Å². The van der Waals surface area contributed by atoms with Crippen LogP contribution in [0.3, 0.4) is 0 Å². The largest absolute Gasteiger partial charge is 0.309 e. The second-order valence-electron chi connectivity index (χ2n) is 16.8. The van der Waals surface area contributed by atoms with Crippen molar-refractivity contribution in [3.05, 3.63) is 212 Å². The second kappa shape index (κ2) is 14.0. The van der Waals surface area contributed by atoms with Gasteiger partial charge in [-0.25, -0.2) is 15.0 Å². The lowest BCUT2D eigenvalue weighted by atomic mass is 10.0. The van der Waals surface area contributed by atoms with E-state index >= 15 is 0 Å². The van der Waals surface area contributed by atoms with Gasteiger partial charge in [-0.15, -0.1) is 11.3 Å². The van der Waals surface area contributed by atoms with Gasteiger partial charge in [0.15, 0.2) is 17.5 Å². The predicted molar refractivity (Wildman–Crippen MR) is 273 cm³/mol. The maximum absolute atomic E-state index is 5.61. The van der Waals surface area contributed by atoms with Crippen molar-refractivity contribution in [2.24, 2.45) is 0 Å². The van der Waals surface area contributed by atoms with Gasteiger partial charge in [0.05, 0.1) is 32.5 Å². The molecule has 0 N–H and O–H groups in total. The van der Waals surface area contributed by atoms with Crippen LogP contribution in [0, 0.1) is 0 Å². The average molecular weight is 846 g/mol. The fourth-order valence-corrected chi connectivity index (χ4v) is 11.4. The predicted octanol–water partition coefficient (Wildman–Crippen LogP) is 15.7. The number of hydrogen-bond acceptors (Lipinski definition) is 4. The summed E-state index contributed by atoms with van der Waals surface area (Å²) in [5.41, 5.74) is 9.37. The summed E-state index contributed by atoms with van der Waals surface area (Å²) >= 11 is 1.83. The summed E-state index contributed by atoms with van der Waals surface area (Å²) in [6, 6.07) is 76.1. The van der Waals surface area contributed by atoms with Gasteiger partial charge in [0.2, 0.25) is 0 Å². The molecule has 14 aromatic rings. The summed E-state index contributed by atoms with van der Waals surface area (Å²) in [7, 11) is 0. The molecule has 0 atom stereocenters. The molecule has 0 radical (unpaired) electrons.